The molecule has 0 unspecified atom stereocenters. The zero-order valence-electron chi connectivity index (χ0n) is 11.5. The van der Waals surface area contributed by atoms with E-state index in [-0.39, 0.29) is 36.0 Å². The topological polar surface area (TPSA) is 92.9 Å². The van der Waals surface area contributed by atoms with Crippen LogP contribution >= 0.6 is 0 Å². The van der Waals surface area contributed by atoms with E-state index in [1.165, 1.54) is 7.11 Å². The standard InChI is InChI=1S/C12H19FN2O4S/c1-3-4-15(5-6-16)20(17,18)9-7-10(13)12(19-2)11(14)8-9/h7-8,16H,3-6,14H2,1-2H3. The monoisotopic (exact) mass is 306 g/mol. The lowest BCUT2D eigenvalue weighted by Crippen LogP contribution is -2.34. The van der Waals surface area contributed by atoms with E-state index in [0.717, 1.165) is 16.4 Å². The van der Waals surface area contributed by atoms with Crippen molar-refractivity contribution in [3.8, 4) is 5.75 Å². The first-order valence-corrected chi connectivity index (χ1v) is 7.56. The van der Waals surface area contributed by atoms with Crippen LogP contribution in [0.25, 0.3) is 0 Å². The molecule has 0 spiro atoms. The number of rotatable bonds is 7. The summed E-state index contributed by atoms with van der Waals surface area (Å²) in [6.45, 7) is 1.68. The zero-order valence-corrected chi connectivity index (χ0v) is 12.3. The number of aliphatic hydroxyl groups is 1. The van der Waals surface area contributed by atoms with E-state index in [1.807, 2.05) is 6.92 Å². The Morgan fingerprint density at radius 2 is 2.05 bits per heavy atom. The normalized spacial score (nSPS) is 11.8. The minimum atomic E-state index is -3.90. The molecule has 0 atom stereocenters. The Morgan fingerprint density at radius 3 is 2.50 bits per heavy atom. The first kappa shape index (κ1) is 16.7. The molecule has 0 heterocycles. The Labute approximate surface area is 118 Å². The van der Waals surface area contributed by atoms with Gasteiger partial charge in [-0.25, -0.2) is 12.8 Å². The molecule has 0 saturated carbocycles. The zero-order chi connectivity index (χ0) is 15.3. The highest BCUT2D eigenvalue weighted by Crippen LogP contribution is 2.29. The molecular weight excluding hydrogens is 287 g/mol. The van der Waals surface area contributed by atoms with Crippen LogP contribution in [0.5, 0.6) is 5.75 Å². The molecule has 0 aliphatic carbocycles. The summed E-state index contributed by atoms with van der Waals surface area (Å²) in [5, 5.41) is 8.94. The van der Waals surface area contributed by atoms with Gasteiger partial charge in [0, 0.05) is 13.1 Å². The molecule has 0 aliphatic heterocycles. The molecule has 1 rings (SSSR count). The first-order chi connectivity index (χ1) is 9.38. The van der Waals surface area contributed by atoms with E-state index in [1.54, 1.807) is 0 Å². The average Bonchev–Trinajstić information content (AvgIpc) is 2.38. The van der Waals surface area contributed by atoms with Crippen molar-refractivity contribution >= 4 is 15.7 Å². The summed E-state index contributed by atoms with van der Waals surface area (Å²) in [4.78, 5) is -0.254. The summed E-state index contributed by atoms with van der Waals surface area (Å²) < 4.78 is 44.3. The van der Waals surface area contributed by atoms with Crippen molar-refractivity contribution in [3.05, 3.63) is 17.9 Å². The molecule has 6 nitrogen and oxygen atoms in total. The van der Waals surface area contributed by atoms with E-state index in [0.29, 0.717) is 6.42 Å². The van der Waals surface area contributed by atoms with Crippen LogP contribution in [0.15, 0.2) is 17.0 Å². The molecular formula is C12H19FN2O4S. The van der Waals surface area contributed by atoms with Crippen LogP contribution in [-0.4, -0.2) is 44.6 Å². The molecule has 0 amide bonds. The third-order valence-electron chi connectivity index (χ3n) is 2.71. The lowest BCUT2D eigenvalue weighted by Gasteiger charge is -2.21. The van der Waals surface area contributed by atoms with Crippen LogP contribution in [0.3, 0.4) is 0 Å². The van der Waals surface area contributed by atoms with Gasteiger partial charge in [0.2, 0.25) is 10.0 Å². The Morgan fingerprint density at radius 1 is 1.40 bits per heavy atom. The summed E-state index contributed by atoms with van der Waals surface area (Å²) in [7, 11) is -2.65. The van der Waals surface area contributed by atoms with E-state index in [4.69, 9.17) is 15.6 Å². The van der Waals surface area contributed by atoms with Gasteiger partial charge in [-0.15, -0.1) is 0 Å². The highest BCUT2D eigenvalue weighted by atomic mass is 32.2. The van der Waals surface area contributed by atoms with Gasteiger partial charge >= 0.3 is 0 Å². The van der Waals surface area contributed by atoms with Gasteiger partial charge in [0.25, 0.3) is 0 Å². The Kier molecular flexibility index (Phi) is 5.73. The van der Waals surface area contributed by atoms with E-state index < -0.39 is 15.8 Å². The summed E-state index contributed by atoms with van der Waals surface area (Å²) >= 11 is 0. The van der Waals surface area contributed by atoms with Crippen LogP contribution in [-0.2, 0) is 10.0 Å². The SMILES string of the molecule is CCCN(CCO)S(=O)(=O)c1cc(N)c(OC)c(F)c1. The van der Waals surface area contributed by atoms with Crippen molar-refractivity contribution in [2.75, 3.05) is 32.5 Å². The molecule has 0 radical (unpaired) electrons. The van der Waals surface area contributed by atoms with Crippen molar-refractivity contribution in [1.82, 2.24) is 4.31 Å². The van der Waals surface area contributed by atoms with Crippen molar-refractivity contribution in [3.63, 3.8) is 0 Å². The highest BCUT2D eigenvalue weighted by Gasteiger charge is 2.25. The van der Waals surface area contributed by atoms with Crippen molar-refractivity contribution in [2.24, 2.45) is 0 Å². The van der Waals surface area contributed by atoms with E-state index >= 15 is 0 Å². The van der Waals surface area contributed by atoms with Crippen LogP contribution < -0.4 is 10.5 Å². The maximum Gasteiger partial charge on any atom is 0.243 e. The third-order valence-corrected chi connectivity index (χ3v) is 4.59. The smallest absolute Gasteiger partial charge is 0.243 e. The number of hydrogen-bond donors (Lipinski definition) is 2. The fraction of sp³-hybridized carbons (Fsp3) is 0.500. The number of sulfonamides is 1. The molecule has 0 saturated heterocycles. The second-order valence-corrected chi connectivity index (χ2v) is 6.09. The second-order valence-electron chi connectivity index (χ2n) is 4.16. The maximum absolute atomic E-state index is 13.7. The number of benzene rings is 1. The van der Waals surface area contributed by atoms with Gasteiger partial charge in [0.1, 0.15) is 0 Å². The quantitative estimate of drug-likeness (QED) is 0.727. The Hall–Kier alpha value is -1.38. The van der Waals surface area contributed by atoms with Gasteiger partial charge in [-0.1, -0.05) is 6.92 Å². The molecule has 1 aromatic carbocycles. The van der Waals surface area contributed by atoms with Gasteiger partial charge in [-0.05, 0) is 18.6 Å². The van der Waals surface area contributed by atoms with E-state index in [2.05, 4.69) is 0 Å². The Balaban J connectivity index is 3.27. The largest absolute Gasteiger partial charge is 0.492 e. The molecule has 0 bridgehead atoms. The van der Waals surface area contributed by atoms with Crippen molar-refractivity contribution in [2.45, 2.75) is 18.2 Å². The number of aliphatic hydroxyl groups excluding tert-OH is 1. The molecule has 114 valence electrons. The Bertz CT molecular complexity index is 534. The molecule has 0 aromatic heterocycles. The highest BCUT2D eigenvalue weighted by molar-refractivity contribution is 7.89. The van der Waals surface area contributed by atoms with Crippen molar-refractivity contribution < 1.29 is 22.7 Å². The van der Waals surface area contributed by atoms with Gasteiger partial charge < -0.3 is 15.6 Å². The van der Waals surface area contributed by atoms with Crippen LogP contribution in [0.2, 0.25) is 0 Å². The fourth-order valence-electron chi connectivity index (χ4n) is 1.82. The number of methoxy groups -OCH3 is 1. The lowest BCUT2D eigenvalue weighted by molar-refractivity contribution is 0.253. The van der Waals surface area contributed by atoms with E-state index in [9.17, 15) is 12.8 Å². The molecule has 20 heavy (non-hydrogen) atoms. The predicted molar refractivity (Wildman–Crippen MR) is 73.5 cm³/mol. The van der Waals surface area contributed by atoms with Crippen molar-refractivity contribution in [1.29, 1.82) is 0 Å². The van der Waals surface area contributed by atoms with Gasteiger partial charge in [0.05, 0.1) is 24.3 Å². The predicted octanol–water partition coefficient (Wildman–Crippen LogP) is 0.810. The number of nitrogens with zero attached hydrogens (tertiary/aromatic N) is 1. The lowest BCUT2D eigenvalue weighted by atomic mass is 10.3. The molecule has 0 aliphatic rings. The number of halogens is 1. The number of hydrogen-bond acceptors (Lipinski definition) is 5. The minimum absolute atomic E-state index is 0.0519. The first-order valence-electron chi connectivity index (χ1n) is 6.12. The molecule has 3 N–H and O–H groups in total. The summed E-state index contributed by atoms with van der Waals surface area (Å²) in [6.07, 6.45) is 0.577. The summed E-state index contributed by atoms with van der Waals surface area (Å²) in [5.74, 6) is -1.03. The average molecular weight is 306 g/mol. The third kappa shape index (κ3) is 3.38. The fourth-order valence-corrected chi connectivity index (χ4v) is 3.39. The van der Waals surface area contributed by atoms with Gasteiger partial charge in [0.15, 0.2) is 11.6 Å². The van der Waals surface area contributed by atoms with Crippen LogP contribution in [0, 0.1) is 5.82 Å². The molecule has 8 heteroatoms. The van der Waals surface area contributed by atoms with Gasteiger partial charge in [-0.3, -0.25) is 0 Å². The number of nitrogens with two attached hydrogens (primary N) is 1. The number of anilines is 1. The number of ether oxygens (including phenoxy) is 1. The number of nitrogen functional groups attached to an aromatic ring is 1. The summed E-state index contributed by atoms with van der Waals surface area (Å²) in [6, 6.07) is 2.02. The van der Waals surface area contributed by atoms with Crippen LogP contribution in [0.4, 0.5) is 10.1 Å². The molecule has 1 aromatic rings. The maximum atomic E-state index is 13.7. The van der Waals surface area contributed by atoms with Crippen LogP contribution in [0.1, 0.15) is 13.3 Å². The molecule has 0 fully saturated rings. The second kappa shape index (κ2) is 6.87. The minimum Gasteiger partial charge on any atom is -0.492 e. The summed E-state index contributed by atoms with van der Waals surface area (Å²) in [5.41, 5.74) is 5.49. The van der Waals surface area contributed by atoms with Gasteiger partial charge in [-0.2, -0.15) is 4.31 Å².